The maximum Gasteiger partial charge on any atom is 0.0510 e. The lowest BCUT2D eigenvalue weighted by atomic mass is 9.89. The van der Waals surface area contributed by atoms with Crippen LogP contribution in [0, 0.1) is 0 Å². The third-order valence-corrected chi connectivity index (χ3v) is 15.0. The normalized spacial score (nSPS) is 12.0. The van der Waals surface area contributed by atoms with Crippen molar-refractivity contribution in [1.29, 1.82) is 0 Å². The van der Waals surface area contributed by atoms with Crippen molar-refractivity contribution in [2.75, 3.05) is 21.7 Å². The Bertz CT molecular complexity index is 4230. The maximum absolute atomic E-state index is 2.44. The first-order chi connectivity index (χ1) is 35.5. The van der Waals surface area contributed by atoms with Crippen molar-refractivity contribution in [1.82, 2.24) is 4.57 Å². The largest absolute Gasteiger partial charge is 0.344 e. The molecule has 0 atom stereocenters. The Kier molecular flexibility index (Phi) is 9.62. The number of aromatic nitrogens is 1. The molecule has 340 valence electrons. The van der Waals surface area contributed by atoms with Crippen LogP contribution in [-0.2, 0) is 7.05 Å². The number of aryl methyl sites for hydroxylation is 1. The summed E-state index contributed by atoms with van der Waals surface area (Å²) in [6, 6.07) is 93.2. The highest BCUT2D eigenvalue weighted by atomic mass is 15.2. The number of hydrogen-bond acceptors (Lipinski definition) is 3. The van der Waals surface area contributed by atoms with Crippen LogP contribution < -0.4 is 14.7 Å². The highest BCUT2D eigenvalue weighted by Crippen LogP contribution is 2.52. The van der Waals surface area contributed by atoms with Crippen LogP contribution in [0.2, 0.25) is 0 Å². The van der Waals surface area contributed by atoms with E-state index in [9.17, 15) is 0 Å². The lowest BCUT2D eigenvalue weighted by molar-refractivity contribution is 1.01. The second-order valence-corrected chi connectivity index (χ2v) is 19.1. The minimum atomic E-state index is 1.10. The van der Waals surface area contributed by atoms with E-state index in [1.807, 2.05) is 0 Å². The first-order valence-electron chi connectivity index (χ1n) is 24.8. The summed E-state index contributed by atoms with van der Waals surface area (Å²) in [6.45, 7) is 0. The van der Waals surface area contributed by atoms with Crippen molar-refractivity contribution < 1.29 is 0 Å². The molecule has 2 heterocycles. The summed E-state index contributed by atoms with van der Waals surface area (Å²) in [4.78, 5) is 7.13. The summed E-state index contributed by atoms with van der Waals surface area (Å²) < 4.78 is 2.40. The van der Waals surface area contributed by atoms with Crippen molar-refractivity contribution in [3.05, 3.63) is 255 Å². The molecule has 0 unspecified atom stereocenters. The standard InChI is InChI=1S/C68H48N4/c1-69-63-23-13-22-61-67-60-39-37-58(72(54-20-7-4-8-21-54)56-34-30-48(31-35-56)52-27-25-46-15-10-12-17-50(46)41-52)43-65(60)70(2)66(67)44-62(68(61)63)59-38-36-57(42-64(59)69)71(53-18-5-3-6-19-53)55-32-28-47(29-33-55)51-26-24-45-14-9-11-16-49(45)40-51/h3-44H,1-2H3. The first kappa shape index (κ1) is 41.6. The predicted molar refractivity (Wildman–Crippen MR) is 307 cm³/mol. The molecule has 0 saturated heterocycles. The van der Waals surface area contributed by atoms with Gasteiger partial charge in [-0.25, -0.2) is 0 Å². The lowest BCUT2D eigenvalue weighted by Gasteiger charge is -2.33. The van der Waals surface area contributed by atoms with Crippen molar-refractivity contribution >= 4 is 99.6 Å². The summed E-state index contributed by atoms with van der Waals surface area (Å²) in [7, 11) is 4.45. The fourth-order valence-electron chi connectivity index (χ4n) is 11.5. The van der Waals surface area contributed by atoms with Crippen LogP contribution in [-0.4, -0.2) is 11.6 Å². The zero-order valence-corrected chi connectivity index (χ0v) is 40.0. The monoisotopic (exact) mass is 920 g/mol. The minimum Gasteiger partial charge on any atom is -0.344 e. The van der Waals surface area contributed by atoms with Crippen molar-refractivity contribution in [3.63, 3.8) is 0 Å². The van der Waals surface area contributed by atoms with Gasteiger partial charge in [0.1, 0.15) is 0 Å². The van der Waals surface area contributed by atoms with Gasteiger partial charge in [0.2, 0.25) is 0 Å². The quantitative estimate of drug-likeness (QED) is 0.151. The van der Waals surface area contributed by atoms with Crippen molar-refractivity contribution in [3.8, 4) is 33.4 Å². The molecule has 72 heavy (non-hydrogen) atoms. The van der Waals surface area contributed by atoms with Gasteiger partial charge in [-0.15, -0.1) is 0 Å². The smallest absolute Gasteiger partial charge is 0.0510 e. The van der Waals surface area contributed by atoms with Crippen LogP contribution >= 0.6 is 0 Å². The average molecular weight is 921 g/mol. The van der Waals surface area contributed by atoms with Crippen LogP contribution in [0.3, 0.4) is 0 Å². The Morgan fingerprint density at radius 3 is 1.35 bits per heavy atom. The Morgan fingerprint density at radius 2 is 0.764 bits per heavy atom. The minimum absolute atomic E-state index is 1.10. The molecular weight excluding hydrogens is 873 g/mol. The molecule has 0 spiro atoms. The van der Waals surface area contributed by atoms with Gasteiger partial charge in [-0.3, -0.25) is 0 Å². The van der Waals surface area contributed by atoms with E-state index >= 15 is 0 Å². The van der Waals surface area contributed by atoms with Gasteiger partial charge in [0.25, 0.3) is 0 Å². The first-order valence-corrected chi connectivity index (χ1v) is 24.8. The number of anilines is 8. The molecule has 0 amide bonds. The molecule has 12 aromatic carbocycles. The van der Waals surface area contributed by atoms with Gasteiger partial charge < -0.3 is 19.3 Å². The van der Waals surface area contributed by atoms with E-state index in [1.165, 1.54) is 98.9 Å². The van der Waals surface area contributed by atoms with Crippen LogP contribution in [0.1, 0.15) is 0 Å². The third kappa shape index (κ3) is 6.75. The zero-order valence-electron chi connectivity index (χ0n) is 40.0. The number of benzene rings is 12. The zero-order chi connectivity index (χ0) is 47.9. The Labute approximate surface area is 419 Å². The molecule has 1 aliphatic rings. The summed E-state index contributed by atoms with van der Waals surface area (Å²) in [6.07, 6.45) is 0. The molecule has 0 fully saturated rings. The van der Waals surface area contributed by atoms with Gasteiger partial charge in [-0.2, -0.15) is 0 Å². The molecule has 0 saturated carbocycles. The molecule has 0 radical (unpaired) electrons. The molecule has 4 heteroatoms. The van der Waals surface area contributed by atoms with E-state index in [2.05, 4.69) is 288 Å². The molecule has 13 aromatic rings. The number of para-hydroxylation sites is 2. The second kappa shape index (κ2) is 16.6. The molecular formula is C68H48N4. The summed E-state index contributed by atoms with van der Waals surface area (Å²) in [5, 5.41) is 10.1. The molecule has 4 nitrogen and oxygen atoms in total. The van der Waals surface area contributed by atoms with Crippen LogP contribution in [0.5, 0.6) is 0 Å². The summed E-state index contributed by atoms with van der Waals surface area (Å²) in [5.74, 6) is 0. The molecule has 1 aliphatic heterocycles. The molecule has 0 N–H and O–H groups in total. The van der Waals surface area contributed by atoms with E-state index in [0.717, 1.165) is 34.1 Å². The summed E-state index contributed by atoms with van der Waals surface area (Å²) >= 11 is 0. The highest BCUT2D eigenvalue weighted by Gasteiger charge is 2.27. The van der Waals surface area contributed by atoms with Crippen molar-refractivity contribution in [2.24, 2.45) is 7.05 Å². The van der Waals surface area contributed by atoms with E-state index < -0.39 is 0 Å². The van der Waals surface area contributed by atoms with Gasteiger partial charge in [0, 0.05) is 75.6 Å². The maximum atomic E-state index is 2.44. The highest BCUT2D eigenvalue weighted by molar-refractivity contribution is 6.28. The number of rotatable bonds is 8. The molecule has 0 bridgehead atoms. The number of fused-ring (bicyclic) bond motifs is 8. The van der Waals surface area contributed by atoms with Crippen LogP contribution in [0.25, 0.3) is 87.5 Å². The second-order valence-electron chi connectivity index (χ2n) is 19.1. The predicted octanol–water partition coefficient (Wildman–Crippen LogP) is 18.8. The Morgan fingerprint density at radius 1 is 0.278 bits per heavy atom. The Hall–Kier alpha value is -9.38. The van der Waals surface area contributed by atoms with E-state index in [4.69, 9.17) is 0 Å². The van der Waals surface area contributed by atoms with Crippen molar-refractivity contribution in [2.45, 2.75) is 0 Å². The number of hydrogen-bond donors (Lipinski definition) is 0. The SMILES string of the molecule is CN1c2cc(N(c3ccccc3)c3ccc(-c4ccc5ccccc5c4)cc3)ccc2-c2cc3c(c4cccc1c24)c1ccc(N(c2ccccc2)c2ccc(-c4ccc5ccccc5c4)cc2)cc1n3C. The van der Waals surface area contributed by atoms with Gasteiger partial charge in [-0.05, 0) is 152 Å². The van der Waals surface area contributed by atoms with E-state index in [0.29, 0.717) is 0 Å². The molecule has 1 aromatic heterocycles. The van der Waals surface area contributed by atoms with Gasteiger partial charge in [0.15, 0.2) is 0 Å². The topological polar surface area (TPSA) is 14.7 Å². The molecule has 14 rings (SSSR count). The average Bonchev–Trinajstić information content (AvgIpc) is 3.73. The fraction of sp³-hybridized carbons (Fsp3) is 0.0294. The van der Waals surface area contributed by atoms with Crippen LogP contribution in [0.15, 0.2) is 255 Å². The van der Waals surface area contributed by atoms with Gasteiger partial charge in [-0.1, -0.05) is 158 Å². The van der Waals surface area contributed by atoms with E-state index in [-0.39, 0.29) is 0 Å². The summed E-state index contributed by atoms with van der Waals surface area (Å²) in [5.41, 5.74) is 18.7. The van der Waals surface area contributed by atoms with Gasteiger partial charge >= 0.3 is 0 Å². The molecule has 0 aliphatic carbocycles. The third-order valence-electron chi connectivity index (χ3n) is 15.0. The number of nitrogens with zero attached hydrogens (tertiary/aromatic N) is 4. The Balaban J connectivity index is 0.861. The lowest BCUT2D eigenvalue weighted by Crippen LogP contribution is -2.16. The fourth-order valence-corrected chi connectivity index (χ4v) is 11.5. The van der Waals surface area contributed by atoms with Gasteiger partial charge in [0.05, 0.1) is 16.7 Å². The van der Waals surface area contributed by atoms with Crippen LogP contribution in [0.4, 0.5) is 45.5 Å². The van der Waals surface area contributed by atoms with E-state index in [1.54, 1.807) is 0 Å².